The highest BCUT2D eigenvalue weighted by Gasteiger charge is 2.24. The smallest absolute Gasteiger partial charge is 0.115 e. The van der Waals surface area contributed by atoms with Gasteiger partial charge in [-0.3, -0.25) is 4.90 Å². The Bertz CT molecular complexity index is 323. The molecule has 1 fully saturated rings. The molecular weight excluding hydrogens is 198 g/mol. The van der Waals surface area contributed by atoms with Gasteiger partial charge in [0.05, 0.1) is 0 Å². The van der Waals surface area contributed by atoms with Crippen LogP contribution in [0.1, 0.15) is 38.7 Å². The lowest BCUT2D eigenvalue weighted by molar-refractivity contribution is 0.0953. The van der Waals surface area contributed by atoms with Crippen molar-refractivity contribution in [3.05, 3.63) is 29.8 Å². The minimum Gasteiger partial charge on any atom is -0.508 e. The Balaban J connectivity index is 2.04. The van der Waals surface area contributed by atoms with Gasteiger partial charge < -0.3 is 5.11 Å². The number of nitrogens with zero attached hydrogens (tertiary/aromatic N) is 1. The molecular formula is C14H21NO. The lowest BCUT2D eigenvalue weighted by Gasteiger charge is -2.39. The molecule has 2 atom stereocenters. The third kappa shape index (κ3) is 2.56. The van der Waals surface area contributed by atoms with Crippen molar-refractivity contribution in [3.63, 3.8) is 0 Å². The van der Waals surface area contributed by atoms with Gasteiger partial charge >= 0.3 is 0 Å². The highest BCUT2D eigenvalue weighted by molar-refractivity contribution is 5.25. The molecule has 0 spiro atoms. The topological polar surface area (TPSA) is 23.5 Å². The van der Waals surface area contributed by atoms with Gasteiger partial charge in [-0.05, 0) is 44.4 Å². The molecule has 0 saturated carbocycles. The summed E-state index contributed by atoms with van der Waals surface area (Å²) >= 11 is 0. The average molecular weight is 219 g/mol. The number of likely N-dealkylation sites (tertiary alicyclic amines) is 1. The van der Waals surface area contributed by atoms with E-state index in [2.05, 4.69) is 18.7 Å². The van der Waals surface area contributed by atoms with Crippen LogP contribution in [-0.2, 0) is 6.54 Å². The second kappa shape index (κ2) is 4.88. The lowest BCUT2D eigenvalue weighted by Crippen LogP contribution is -2.42. The third-order valence-electron chi connectivity index (χ3n) is 3.68. The van der Waals surface area contributed by atoms with Gasteiger partial charge in [0.25, 0.3) is 0 Å². The maximum Gasteiger partial charge on any atom is 0.115 e. The fraction of sp³-hybridized carbons (Fsp3) is 0.571. The van der Waals surface area contributed by atoms with E-state index in [1.54, 1.807) is 12.1 Å². The van der Waals surface area contributed by atoms with Gasteiger partial charge in [-0.25, -0.2) is 0 Å². The molecule has 1 aliphatic rings. The Morgan fingerprint density at radius 1 is 1.12 bits per heavy atom. The zero-order valence-electron chi connectivity index (χ0n) is 10.2. The number of phenolic OH excluding ortho intramolecular Hbond substituents is 1. The van der Waals surface area contributed by atoms with Crippen molar-refractivity contribution in [2.75, 3.05) is 0 Å². The Morgan fingerprint density at radius 2 is 1.69 bits per heavy atom. The quantitative estimate of drug-likeness (QED) is 0.826. The SMILES string of the molecule is C[C@@H]1CCC[C@H](C)N1Cc1ccc(O)cc1. The molecule has 2 heteroatoms. The van der Waals surface area contributed by atoms with Gasteiger partial charge in [0, 0.05) is 18.6 Å². The van der Waals surface area contributed by atoms with E-state index < -0.39 is 0 Å². The monoisotopic (exact) mass is 219 g/mol. The van der Waals surface area contributed by atoms with E-state index in [-0.39, 0.29) is 0 Å². The second-order valence-corrected chi connectivity index (χ2v) is 4.97. The Morgan fingerprint density at radius 3 is 2.25 bits per heavy atom. The lowest BCUT2D eigenvalue weighted by atomic mass is 9.97. The van der Waals surface area contributed by atoms with Crippen LogP contribution in [0.4, 0.5) is 0 Å². The van der Waals surface area contributed by atoms with Gasteiger partial charge in [0.1, 0.15) is 5.75 Å². The molecule has 0 unspecified atom stereocenters. The molecule has 1 aromatic carbocycles. The molecule has 2 rings (SSSR count). The molecule has 1 aliphatic heterocycles. The molecule has 0 radical (unpaired) electrons. The van der Waals surface area contributed by atoms with Gasteiger partial charge in [-0.15, -0.1) is 0 Å². The van der Waals surface area contributed by atoms with E-state index in [9.17, 15) is 5.11 Å². The Hall–Kier alpha value is -1.02. The van der Waals surface area contributed by atoms with Crippen LogP contribution in [-0.4, -0.2) is 22.1 Å². The minimum absolute atomic E-state index is 0.350. The van der Waals surface area contributed by atoms with E-state index in [4.69, 9.17) is 0 Å². The number of piperidine rings is 1. The molecule has 88 valence electrons. The number of hydrogen-bond acceptors (Lipinski definition) is 2. The molecule has 0 amide bonds. The van der Waals surface area contributed by atoms with Crippen molar-refractivity contribution in [1.82, 2.24) is 4.90 Å². The van der Waals surface area contributed by atoms with E-state index in [0.717, 1.165) is 6.54 Å². The summed E-state index contributed by atoms with van der Waals surface area (Å²) in [5.74, 6) is 0.350. The molecule has 2 nitrogen and oxygen atoms in total. The summed E-state index contributed by atoms with van der Waals surface area (Å²) in [6.45, 7) is 5.63. The Kier molecular flexibility index (Phi) is 3.49. The first-order valence-electron chi connectivity index (χ1n) is 6.20. The zero-order chi connectivity index (χ0) is 11.5. The number of benzene rings is 1. The van der Waals surface area contributed by atoms with Crippen LogP contribution in [0.5, 0.6) is 5.75 Å². The van der Waals surface area contributed by atoms with Crippen LogP contribution >= 0.6 is 0 Å². The Labute approximate surface area is 97.9 Å². The average Bonchev–Trinajstić information content (AvgIpc) is 2.26. The number of phenols is 1. The van der Waals surface area contributed by atoms with Crippen LogP contribution in [0.15, 0.2) is 24.3 Å². The van der Waals surface area contributed by atoms with E-state index in [1.807, 2.05) is 12.1 Å². The predicted molar refractivity (Wildman–Crippen MR) is 66.4 cm³/mol. The minimum atomic E-state index is 0.350. The standard InChI is InChI=1S/C14H21NO/c1-11-4-3-5-12(2)15(11)10-13-6-8-14(16)9-7-13/h6-9,11-12,16H,3-5,10H2,1-2H3/t11-,12+. The molecule has 1 heterocycles. The van der Waals surface area contributed by atoms with Crippen molar-refractivity contribution in [2.45, 2.75) is 51.7 Å². The predicted octanol–water partition coefficient (Wildman–Crippen LogP) is 3.16. The first kappa shape index (κ1) is 11.5. The number of aromatic hydroxyl groups is 1. The highest BCUT2D eigenvalue weighted by Crippen LogP contribution is 2.24. The summed E-state index contributed by atoms with van der Waals surface area (Å²) in [6.07, 6.45) is 3.97. The molecule has 1 N–H and O–H groups in total. The molecule has 1 aromatic rings. The zero-order valence-corrected chi connectivity index (χ0v) is 10.2. The largest absolute Gasteiger partial charge is 0.508 e. The summed E-state index contributed by atoms with van der Waals surface area (Å²) in [6, 6.07) is 8.94. The van der Waals surface area contributed by atoms with Crippen molar-refractivity contribution >= 4 is 0 Å². The van der Waals surface area contributed by atoms with Crippen molar-refractivity contribution in [1.29, 1.82) is 0 Å². The van der Waals surface area contributed by atoms with Crippen molar-refractivity contribution in [2.24, 2.45) is 0 Å². The van der Waals surface area contributed by atoms with Gasteiger partial charge in [-0.2, -0.15) is 0 Å². The van der Waals surface area contributed by atoms with Gasteiger partial charge in [0.15, 0.2) is 0 Å². The normalized spacial score (nSPS) is 26.9. The highest BCUT2D eigenvalue weighted by atomic mass is 16.3. The van der Waals surface area contributed by atoms with Gasteiger partial charge in [-0.1, -0.05) is 18.6 Å². The van der Waals surface area contributed by atoms with Crippen LogP contribution in [0, 0.1) is 0 Å². The first-order valence-corrected chi connectivity index (χ1v) is 6.20. The van der Waals surface area contributed by atoms with E-state index in [1.165, 1.54) is 24.8 Å². The molecule has 1 saturated heterocycles. The molecule has 0 aromatic heterocycles. The fourth-order valence-corrected chi connectivity index (χ4v) is 2.60. The van der Waals surface area contributed by atoms with Crippen LogP contribution in [0.25, 0.3) is 0 Å². The first-order chi connectivity index (χ1) is 7.66. The summed E-state index contributed by atoms with van der Waals surface area (Å²) in [7, 11) is 0. The maximum atomic E-state index is 9.25. The maximum absolute atomic E-state index is 9.25. The summed E-state index contributed by atoms with van der Waals surface area (Å²) in [5, 5.41) is 9.25. The second-order valence-electron chi connectivity index (χ2n) is 4.97. The van der Waals surface area contributed by atoms with E-state index in [0.29, 0.717) is 17.8 Å². The van der Waals surface area contributed by atoms with Crippen molar-refractivity contribution in [3.8, 4) is 5.75 Å². The third-order valence-corrected chi connectivity index (χ3v) is 3.68. The van der Waals surface area contributed by atoms with E-state index >= 15 is 0 Å². The summed E-state index contributed by atoms with van der Waals surface area (Å²) < 4.78 is 0. The van der Waals surface area contributed by atoms with Crippen LogP contribution in [0.2, 0.25) is 0 Å². The van der Waals surface area contributed by atoms with Gasteiger partial charge in [0.2, 0.25) is 0 Å². The fourth-order valence-electron chi connectivity index (χ4n) is 2.60. The molecule has 0 bridgehead atoms. The summed E-state index contributed by atoms with van der Waals surface area (Å²) in [4.78, 5) is 2.57. The summed E-state index contributed by atoms with van der Waals surface area (Å²) in [5.41, 5.74) is 1.29. The molecule has 16 heavy (non-hydrogen) atoms. The van der Waals surface area contributed by atoms with Crippen LogP contribution in [0.3, 0.4) is 0 Å². The molecule has 0 aliphatic carbocycles. The number of hydrogen-bond donors (Lipinski definition) is 1. The van der Waals surface area contributed by atoms with Crippen molar-refractivity contribution < 1.29 is 5.11 Å². The van der Waals surface area contributed by atoms with Crippen LogP contribution < -0.4 is 0 Å². The number of rotatable bonds is 2.